The maximum Gasteiger partial charge on any atom is 2.00 e. The van der Waals surface area contributed by atoms with E-state index in [0.717, 1.165) is 38.5 Å². The van der Waals surface area contributed by atoms with Crippen molar-refractivity contribution in [3.63, 3.8) is 0 Å². The van der Waals surface area contributed by atoms with Gasteiger partial charge in [0.05, 0.1) is 0 Å². The molecular formula is C38H66O10Sr3. The second kappa shape index (κ2) is 63.3. The van der Waals surface area contributed by atoms with E-state index in [1.807, 2.05) is 0 Å². The maximum atomic E-state index is 10.2. The standard InChI is InChI=1S/2C18H34O2.2CH2O3.3Sr/c2*1-2-3-4-5-6-7-8-9-10-11-12-13-14-15-16-17-18(19)20;2*2-1(3)4;;;/h2*9-10H,2-8,11-17H2,1H3,(H,19,20);2*(H2,2,3,4);;;/q;;;;3*+2/p-6/b2*10-9-;;;;;. The van der Waals surface area contributed by atoms with Crippen molar-refractivity contribution in [2.75, 3.05) is 0 Å². The summed E-state index contributed by atoms with van der Waals surface area (Å²) >= 11 is 0. The smallest absolute Gasteiger partial charge is 0.652 e. The van der Waals surface area contributed by atoms with Gasteiger partial charge in [-0.3, -0.25) is 0 Å². The molecule has 0 aromatic heterocycles. The summed E-state index contributed by atoms with van der Waals surface area (Å²) in [7, 11) is 0. The number of hydrogen-bond donors (Lipinski definition) is 0. The number of carboxylic acids is 2. The summed E-state index contributed by atoms with van der Waals surface area (Å²) < 4.78 is 0. The molecule has 0 rings (SSSR count). The van der Waals surface area contributed by atoms with Gasteiger partial charge < -0.3 is 49.8 Å². The molecule has 0 bridgehead atoms. The summed E-state index contributed by atoms with van der Waals surface area (Å²) in [5.41, 5.74) is 0. The number of rotatable bonds is 30. The van der Waals surface area contributed by atoms with Crippen LogP contribution < -0.4 is 30.6 Å². The molecule has 0 fully saturated rings. The number of carbonyl (C=O) groups excluding carboxylic acids is 4. The van der Waals surface area contributed by atoms with Gasteiger partial charge in [0.15, 0.2) is 0 Å². The minimum Gasteiger partial charge on any atom is -0.652 e. The van der Waals surface area contributed by atoms with Gasteiger partial charge in [0.2, 0.25) is 0 Å². The molecule has 0 aliphatic rings. The Morgan fingerprint density at radius 1 is 0.333 bits per heavy atom. The van der Waals surface area contributed by atoms with E-state index in [2.05, 4.69) is 38.2 Å². The predicted octanol–water partition coefficient (Wildman–Crippen LogP) is 3.51. The van der Waals surface area contributed by atoms with Crippen LogP contribution in [0.3, 0.4) is 0 Å². The molecule has 10 nitrogen and oxygen atoms in total. The molecule has 0 radical (unpaired) electrons. The van der Waals surface area contributed by atoms with E-state index in [0.29, 0.717) is 0 Å². The second-order valence-electron chi connectivity index (χ2n) is 11.9. The Morgan fingerprint density at radius 3 is 0.706 bits per heavy atom. The van der Waals surface area contributed by atoms with Crippen molar-refractivity contribution >= 4 is 161 Å². The molecule has 0 unspecified atom stereocenters. The van der Waals surface area contributed by atoms with Gasteiger partial charge in [-0.1, -0.05) is 141 Å². The fraction of sp³-hybridized carbons (Fsp3) is 0.789. The summed E-state index contributed by atoms with van der Waals surface area (Å²) in [6.07, 6.45) is 37.1. The third-order valence-electron chi connectivity index (χ3n) is 7.29. The van der Waals surface area contributed by atoms with Crippen LogP contribution in [-0.4, -0.2) is 161 Å². The first-order chi connectivity index (χ1) is 23.0. The number of unbranched alkanes of at least 4 members (excludes halogenated alkanes) is 22. The monoisotopic (exact) mass is 946 g/mol. The molecule has 0 saturated carbocycles. The summed E-state index contributed by atoms with van der Waals surface area (Å²) in [5.74, 6) is -1.83. The SMILES string of the molecule is CCCCCCCC/C=C\CCCCCCCC(=O)[O-].CCCCCCCC/C=C\CCCCCCCC(=O)[O-].O=C([O-])[O-].O=C([O-])[O-].[Sr+2].[Sr+2].[Sr+2]. The number of carbonyl (C=O) groups is 4. The van der Waals surface area contributed by atoms with Crippen LogP contribution in [0, 0.1) is 0 Å². The third kappa shape index (κ3) is 100. The van der Waals surface area contributed by atoms with Gasteiger partial charge >= 0.3 is 136 Å². The molecule has 0 spiro atoms. The number of allylic oxidation sites excluding steroid dienone is 4. The first kappa shape index (κ1) is 67.2. The van der Waals surface area contributed by atoms with Gasteiger partial charge in [0.25, 0.3) is 0 Å². The van der Waals surface area contributed by atoms with Crippen LogP contribution >= 0.6 is 0 Å². The minimum atomic E-state index is -2.33. The van der Waals surface area contributed by atoms with Crippen LogP contribution in [0.5, 0.6) is 0 Å². The zero-order valence-electron chi connectivity index (χ0n) is 32.3. The van der Waals surface area contributed by atoms with Gasteiger partial charge in [0, 0.05) is 11.9 Å². The molecule has 0 aliphatic heterocycles. The molecule has 13 heteroatoms. The number of hydrogen-bond acceptors (Lipinski definition) is 10. The van der Waals surface area contributed by atoms with Crippen LogP contribution in [0.25, 0.3) is 0 Å². The molecule has 0 amide bonds. The van der Waals surface area contributed by atoms with Crippen molar-refractivity contribution in [3.8, 4) is 0 Å². The second-order valence-corrected chi connectivity index (χ2v) is 11.9. The Morgan fingerprint density at radius 2 is 0.510 bits per heavy atom. The van der Waals surface area contributed by atoms with E-state index < -0.39 is 24.2 Å². The van der Waals surface area contributed by atoms with Gasteiger partial charge in [-0.15, -0.1) is 0 Å². The van der Waals surface area contributed by atoms with Crippen molar-refractivity contribution in [2.24, 2.45) is 0 Å². The van der Waals surface area contributed by atoms with E-state index in [1.165, 1.54) is 128 Å². The van der Waals surface area contributed by atoms with E-state index in [-0.39, 0.29) is 149 Å². The van der Waals surface area contributed by atoms with Crippen LogP contribution in [0.15, 0.2) is 24.3 Å². The number of aliphatic carboxylic acids is 2. The van der Waals surface area contributed by atoms with E-state index in [1.54, 1.807) is 0 Å². The molecule has 0 saturated heterocycles. The van der Waals surface area contributed by atoms with Crippen molar-refractivity contribution in [1.29, 1.82) is 0 Å². The zero-order chi connectivity index (χ0) is 36.9. The van der Waals surface area contributed by atoms with Gasteiger partial charge in [-0.05, 0) is 89.4 Å². The molecule has 0 aromatic rings. The van der Waals surface area contributed by atoms with Crippen LogP contribution in [0.1, 0.15) is 194 Å². The fourth-order valence-corrected chi connectivity index (χ4v) is 4.68. The zero-order valence-corrected chi connectivity index (χ0v) is 42.7. The molecular weight excluding hydrogens is 879 g/mol. The van der Waals surface area contributed by atoms with Crippen molar-refractivity contribution in [2.45, 2.75) is 194 Å². The predicted molar refractivity (Wildman–Crippen MR) is 197 cm³/mol. The Labute approximate surface area is 421 Å². The Bertz CT molecular complexity index is 696. The van der Waals surface area contributed by atoms with Crippen LogP contribution in [0.4, 0.5) is 9.59 Å². The van der Waals surface area contributed by atoms with E-state index >= 15 is 0 Å². The van der Waals surface area contributed by atoms with Gasteiger partial charge in [-0.25, -0.2) is 0 Å². The van der Waals surface area contributed by atoms with Crippen molar-refractivity contribution in [1.82, 2.24) is 0 Å². The summed E-state index contributed by atoms with van der Waals surface area (Å²) in [6.45, 7) is 4.51. The quantitative estimate of drug-likeness (QED) is 0.0582. The minimum absolute atomic E-state index is 0. The van der Waals surface area contributed by atoms with Crippen molar-refractivity contribution in [3.05, 3.63) is 24.3 Å². The van der Waals surface area contributed by atoms with E-state index in [4.69, 9.17) is 30.0 Å². The summed E-state index contributed by atoms with van der Waals surface area (Å²) in [6, 6.07) is 0. The van der Waals surface area contributed by atoms with Gasteiger partial charge in [0.1, 0.15) is 0 Å². The third-order valence-corrected chi connectivity index (χ3v) is 7.29. The largest absolute Gasteiger partial charge is 2.00 e. The van der Waals surface area contributed by atoms with Crippen LogP contribution in [-0.2, 0) is 9.59 Å². The molecule has 51 heavy (non-hydrogen) atoms. The molecule has 284 valence electrons. The molecule has 0 aromatic carbocycles. The van der Waals surface area contributed by atoms with Crippen LogP contribution in [0.2, 0.25) is 0 Å². The Hall–Kier alpha value is 1.40. The maximum absolute atomic E-state index is 10.2. The normalized spacial score (nSPS) is 9.76. The Balaban J connectivity index is -0.000000119. The first-order valence-corrected chi connectivity index (χ1v) is 18.5. The first-order valence-electron chi connectivity index (χ1n) is 18.5. The summed E-state index contributed by atoms with van der Waals surface area (Å²) in [5, 5.41) is 53.8. The Kier molecular flexibility index (Phi) is 83.4. The molecule has 0 aliphatic carbocycles. The van der Waals surface area contributed by atoms with Crippen molar-refractivity contribution < 1.29 is 49.8 Å². The summed E-state index contributed by atoms with van der Waals surface area (Å²) in [4.78, 5) is 37.1. The molecule has 0 atom stereocenters. The average molecular weight is 946 g/mol. The van der Waals surface area contributed by atoms with Gasteiger partial charge in [-0.2, -0.15) is 0 Å². The molecule has 0 N–H and O–H groups in total. The average Bonchev–Trinajstić information content (AvgIpc) is 3.00. The fourth-order valence-electron chi connectivity index (χ4n) is 4.68. The number of carboxylic acid groups (broad SMARTS) is 6. The molecule has 0 heterocycles. The topological polar surface area (TPSA) is 207 Å². The van der Waals surface area contributed by atoms with E-state index in [9.17, 15) is 19.8 Å².